The lowest BCUT2D eigenvalue weighted by Crippen LogP contribution is -2.29. The summed E-state index contributed by atoms with van der Waals surface area (Å²) in [4.78, 5) is 4.44. The average Bonchev–Trinajstić information content (AvgIpc) is 2.85. The van der Waals surface area contributed by atoms with Crippen molar-refractivity contribution in [3.8, 4) is 0 Å². The van der Waals surface area contributed by atoms with Crippen LogP contribution in [0.3, 0.4) is 0 Å². The number of nitrogens with one attached hydrogen (secondary N) is 1. The molecule has 1 aliphatic rings. The maximum absolute atomic E-state index is 5.33. The van der Waals surface area contributed by atoms with E-state index in [1.165, 1.54) is 12.8 Å². The van der Waals surface area contributed by atoms with Gasteiger partial charge in [0.2, 0.25) is 5.89 Å². The summed E-state index contributed by atoms with van der Waals surface area (Å²) in [6.07, 6.45) is 5.38. The van der Waals surface area contributed by atoms with Gasteiger partial charge in [-0.05, 0) is 32.7 Å². The van der Waals surface area contributed by atoms with E-state index in [1.54, 1.807) is 7.11 Å². The SMILES string of the molecule is CNC1CCC(c2nc(CCOC)no2)CC1. The summed E-state index contributed by atoms with van der Waals surface area (Å²) >= 11 is 0. The van der Waals surface area contributed by atoms with Crippen molar-refractivity contribution in [3.05, 3.63) is 11.7 Å². The van der Waals surface area contributed by atoms with Crippen LogP contribution >= 0.6 is 0 Å². The lowest BCUT2D eigenvalue weighted by atomic mass is 9.86. The van der Waals surface area contributed by atoms with Gasteiger partial charge in [0.25, 0.3) is 0 Å². The molecule has 0 radical (unpaired) electrons. The molecule has 1 aromatic rings. The molecular formula is C12H21N3O2. The van der Waals surface area contributed by atoms with Crippen LogP contribution in [-0.2, 0) is 11.2 Å². The van der Waals surface area contributed by atoms with Gasteiger partial charge in [0.15, 0.2) is 5.82 Å². The molecule has 1 saturated carbocycles. The molecule has 5 nitrogen and oxygen atoms in total. The first-order chi connectivity index (χ1) is 8.33. The average molecular weight is 239 g/mol. The zero-order chi connectivity index (χ0) is 12.1. The number of methoxy groups -OCH3 is 1. The van der Waals surface area contributed by atoms with Crippen molar-refractivity contribution >= 4 is 0 Å². The predicted molar refractivity (Wildman–Crippen MR) is 63.9 cm³/mol. The van der Waals surface area contributed by atoms with Crippen molar-refractivity contribution in [1.82, 2.24) is 15.5 Å². The Morgan fingerprint density at radius 1 is 1.35 bits per heavy atom. The van der Waals surface area contributed by atoms with Crippen LogP contribution < -0.4 is 5.32 Å². The van der Waals surface area contributed by atoms with Crippen LogP contribution in [-0.4, -0.2) is 36.9 Å². The summed E-state index contributed by atoms with van der Waals surface area (Å²) in [5, 5.41) is 7.31. The Balaban J connectivity index is 1.87. The molecule has 1 aromatic heterocycles. The van der Waals surface area contributed by atoms with Gasteiger partial charge in [-0.3, -0.25) is 0 Å². The van der Waals surface area contributed by atoms with E-state index < -0.39 is 0 Å². The van der Waals surface area contributed by atoms with Gasteiger partial charge in [-0.2, -0.15) is 4.98 Å². The topological polar surface area (TPSA) is 60.2 Å². The molecule has 0 amide bonds. The Kier molecular flexibility index (Phi) is 4.50. The van der Waals surface area contributed by atoms with Gasteiger partial charge in [0.1, 0.15) is 0 Å². The second-order valence-corrected chi connectivity index (χ2v) is 4.63. The fraction of sp³-hybridized carbons (Fsp3) is 0.833. The zero-order valence-electron chi connectivity index (χ0n) is 10.6. The smallest absolute Gasteiger partial charge is 0.229 e. The van der Waals surface area contributed by atoms with E-state index >= 15 is 0 Å². The van der Waals surface area contributed by atoms with E-state index in [2.05, 4.69) is 15.5 Å². The van der Waals surface area contributed by atoms with Crippen LogP contribution in [0.5, 0.6) is 0 Å². The van der Waals surface area contributed by atoms with Gasteiger partial charge in [-0.1, -0.05) is 5.16 Å². The molecule has 0 aliphatic heterocycles. The third-order valence-corrected chi connectivity index (χ3v) is 3.50. The summed E-state index contributed by atoms with van der Waals surface area (Å²) in [7, 11) is 3.71. The molecule has 0 aromatic carbocycles. The van der Waals surface area contributed by atoms with E-state index in [-0.39, 0.29) is 0 Å². The van der Waals surface area contributed by atoms with Crippen LogP contribution in [0.1, 0.15) is 43.3 Å². The van der Waals surface area contributed by atoms with Gasteiger partial charge in [-0.25, -0.2) is 0 Å². The first-order valence-electron chi connectivity index (χ1n) is 6.32. The molecule has 17 heavy (non-hydrogen) atoms. The monoisotopic (exact) mass is 239 g/mol. The highest BCUT2D eigenvalue weighted by Gasteiger charge is 2.25. The third kappa shape index (κ3) is 3.26. The van der Waals surface area contributed by atoms with Crippen LogP contribution in [0.15, 0.2) is 4.52 Å². The maximum atomic E-state index is 5.33. The van der Waals surface area contributed by atoms with Crippen LogP contribution in [0.4, 0.5) is 0 Å². The Hall–Kier alpha value is -0.940. The lowest BCUT2D eigenvalue weighted by Gasteiger charge is -2.25. The highest BCUT2D eigenvalue weighted by Crippen LogP contribution is 2.31. The fourth-order valence-corrected chi connectivity index (χ4v) is 2.36. The molecule has 2 rings (SSSR count). The maximum Gasteiger partial charge on any atom is 0.229 e. The predicted octanol–water partition coefficient (Wildman–Crippen LogP) is 1.50. The number of rotatable bonds is 5. The fourth-order valence-electron chi connectivity index (χ4n) is 2.36. The van der Waals surface area contributed by atoms with Crippen molar-refractivity contribution in [3.63, 3.8) is 0 Å². The minimum absolute atomic E-state index is 0.448. The number of hydrogen-bond donors (Lipinski definition) is 1. The second kappa shape index (κ2) is 6.12. The normalized spacial score (nSPS) is 25.1. The molecule has 1 aliphatic carbocycles. The molecule has 1 fully saturated rings. The molecular weight excluding hydrogens is 218 g/mol. The van der Waals surface area contributed by atoms with Gasteiger partial charge in [0, 0.05) is 25.5 Å². The summed E-state index contributed by atoms with van der Waals surface area (Å²) < 4.78 is 10.3. The molecule has 1 N–H and O–H groups in total. The molecule has 0 saturated heterocycles. The van der Waals surface area contributed by atoms with E-state index in [1.807, 2.05) is 7.05 Å². The summed E-state index contributed by atoms with van der Waals surface area (Å²) in [6.45, 7) is 0.644. The van der Waals surface area contributed by atoms with Crippen molar-refractivity contribution in [2.75, 3.05) is 20.8 Å². The summed E-state index contributed by atoms with van der Waals surface area (Å²) in [6, 6.07) is 0.655. The minimum Gasteiger partial charge on any atom is -0.384 e. The van der Waals surface area contributed by atoms with E-state index in [0.717, 1.165) is 31.0 Å². The summed E-state index contributed by atoms with van der Waals surface area (Å²) in [5.74, 6) is 2.02. The minimum atomic E-state index is 0.448. The Morgan fingerprint density at radius 3 is 2.76 bits per heavy atom. The van der Waals surface area contributed by atoms with Gasteiger partial charge in [0.05, 0.1) is 6.61 Å². The van der Waals surface area contributed by atoms with Crippen LogP contribution in [0.2, 0.25) is 0 Å². The third-order valence-electron chi connectivity index (χ3n) is 3.50. The summed E-state index contributed by atoms with van der Waals surface area (Å²) in [5.41, 5.74) is 0. The Labute approximate surface area is 102 Å². The molecule has 0 atom stereocenters. The molecule has 96 valence electrons. The zero-order valence-corrected chi connectivity index (χ0v) is 10.6. The molecule has 0 unspecified atom stereocenters. The highest BCUT2D eigenvalue weighted by molar-refractivity contribution is 4.97. The first kappa shape index (κ1) is 12.5. The highest BCUT2D eigenvalue weighted by atomic mass is 16.5. The Bertz CT molecular complexity index is 332. The number of ether oxygens (including phenoxy) is 1. The Morgan fingerprint density at radius 2 is 2.12 bits per heavy atom. The van der Waals surface area contributed by atoms with Crippen molar-refractivity contribution in [2.24, 2.45) is 0 Å². The number of aromatic nitrogens is 2. The second-order valence-electron chi connectivity index (χ2n) is 4.63. The van der Waals surface area contributed by atoms with E-state index in [0.29, 0.717) is 18.6 Å². The molecule has 1 heterocycles. The van der Waals surface area contributed by atoms with E-state index in [9.17, 15) is 0 Å². The molecule has 5 heteroatoms. The van der Waals surface area contributed by atoms with Crippen molar-refractivity contribution in [2.45, 2.75) is 44.1 Å². The van der Waals surface area contributed by atoms with Gasteiger partial charge < -0.3 is 14.6 Å². The molecule has 0 bridgehead atoms. The van der Waals surface area contributed by atoms with Crippen LogP contribution in [0.25, 0.3) is 0 Å². The molecule has 0 spiro atoms. The standard InChI is InChI=1S/C12H21N3O2/c1-13-10-5-3-9(4-6-10)12-14-11(15-17-12)7-8-16-2/h9-10,13H,3-8H2,1-2H3. The number of hydrogen-bond acceptors (Lipinski definition) is 5. The number of nitrogens with zero attached hydrogens (tertiary/aromatic N) is 2. The van der Waals surface area contributed by atoms with E-state index in [4.69, 9.17) is 9.26 Å². The van der Waals surface area contributed by atoms with Crippen molar-refractivity contribution < 1.29 is 9.26 Å². The van der Waals surface area contributed by atoms with Crippen molar-refractivity contribution in [1.29, 1.82) is 0 Å². The quantitative estimate of drug-likeness (QED) is 0.844. The first-order valence-corrected chi connectivity index (χ1v) is 6.32. The lowest BCUT2D eigenvalue weighted by molar-refractivity contribution is 0.199. The van der Waals surface area contributed by atoms with Crippen LogP contribution in [0, 0.1) is 0 Å². The van der Waals surface area contributed by atoms with Gasteiger partial charge >= 0.3 is 0 Å². The van der Waals surface area contributed by atoms with Gasteiger partial charge in [-0.15, -0.1) is 0 Å². The largest absolute Gasteiger partial charge is 0.384 e.